The fourth-order valence-corrected chi connectivity index (χ4v) is 3.10. The lowest BCUT2D eigenvalue weighted by molar-refractivity contribution is -0.128. The van der Waals surface area contributed by atoms with Gasteiger partial charge >= 0.3 is 0 Å². The van der Waals surface area contributed by atoms with Crippen molar-refractivity contribution in [2.45, 2.75) is 26.4 Å². The Morgan fingerprint density at radius 1 is 1.00 bits per heavy atom. The van der Waals surface area contributed by atoms with Crippen molar-refractivity contribution in [3.8, 4) is 17.1 Å². The van der Waals surface area contributed by atoms with Gasteiger partial charge in [-0.2, -0.15) is 0 Å². The van der Waals surface area contributed by atoms with Gasteiger partial charge in [0.15, 0.2) is 5.60 Å². The molecule has 0 saturated carbocycles. The van der Waals surface area contributed by atoms with Crippen LogP contribution in [0, 0.1) is 6.92 Å². The highest BCUT2D eigenvalue weighted by Gasteiger charge is 2.30. The number of imidazole rings is 1. The molecule has 5 heteroatoms. The predicted molar refractivity (Wildman–Crippen MR) is 116 cm³/mol. The van der Waals surface area contributed by atoms with Crippen molar-refractivity contribution in [1.29, 1.82) is 0 Å². The summed E-state index contributed by atoms with van der Waals surface area (Å²) in [5.41, 5.74) is 3.47. The number of carbonyl (C=O) groups excluding carboxylic acids is 1. The first-order chi connectivity index (χ1) is 13.9. The van der Waals surface area contributed by atoms with Crippen LogP contribution in [0.15, 0.2) is 72.8 Å². The van der Waals surface area contributed by atoms with Crippen molar-refractivity contribution in [3.05, 3.63) is 78.4 Å². The van der Waals surface area contributed by atoms with Crippen molar-refractivity contribution < 1.29 is 9.53 Å². The second-order valence-corrected chi connectivity index (χ2v) is 7.51. The van der Waals surface area contributed by atoms with E-state index in [4.69, 9.17) is 4.74 Å². The Kier molecular flexibility index (Phi) is 4.80. The first-order valence-electron chi connectivity index (χ1n) is 9.54. The van der Waals surface area contributed by atoms with Gasteiger partial charge in [0, 0.05) is 11.3 Å². The Bertz CT molecular complexity index is 1130. The SMILES string of the molecule is Cc1ccc(-c2nc3ccccc3[nH]2)cc1NC(=O)C(C)(C)Oc1ccccc1. The van der Waals surface area contributed by atoms with Gasteiger partial charge in [0.2, 0.25) is 0 Å². The molecule has 0 saturated heterocycles. The van der Waals surface area contributed by atoms with Crippen LogP contribution in [0.3, 0.4) is 0 Å². The zero-order valence-corrected chi connectivity index (χ0v) is 16.7. The topological polar surface area (TPSA) is 67.0 Å². The average Bonchev–Trinajstić information content (AvgIpc) is 3.14. The molecule has 0 bridgehead atoms. The molecule has 2 N–H and O–H groups in total. The number of ether oxygens (including phenoxy) is 1. The zero-order chi connectivity index (χ0) is 20.4. The number of nitrogens with one attached hydrogen (secondary N) is 2. The Labute approximate surface area is 169 Å². The fraction of sp³-hybridized carbons (Fsp3) is 0.167. The van der Waals surface area contributed by atoms with Gasteiger partial charge in [0.05, 0.1) is 11.0 Å². The van der Waals surface area contributed by atoms with E-state index in [0.717, 1.165) is 33.7 Å². The molecule has 1 aromatic heterocycles. The summed E-state index contributed by atoms with van der Waals surface area (Å²) >= 11 is 0. The van der Waals surface area contributed by atoms with Crippen LogP contribution in [0.4, 0.5) is 5.69 Å². The van der Waals surface area contributed by atoms with Crippen LogP contribution in [0.25, 0.3) is 22.4 Å². The molecule has 0 aliphatic heterocycles. The molecule has 0 aliphatic rings. The average molecular weight is 385 g/mol. The first-order valence-corrected chi connectivity index (χ1v) is 9.54. The van der Waals surface area contributed by atoms with Gasteiger partial charge in [-0.1, -0.05) is 42.5 Å². The molecule has 0 spiro atoms. The lowest BCUT2D eigenvalue weighted by Gasteiger charge is -2.25. The molecule has 0 aliphatic carbocycles. The smallest absolute Gasteiger partial charge is 0.267 e. The van der Waals surface area contributed by atoms with Crippen molar-refractivity contribution in [1.82, 2.24) is 9.97 Å². The quantitative estimate of drug-likeness (QED) is 0.488. The van der Waals surface area contributed by atoms with Crippen LogP contribution < -0.4 is 10.1 Å². The van der Waals surface area contributed by atoms with E-state index in [-0.39, 0.29) is 5.91 Å². The molecule has 5 nitrogen and oxygen atoms in total. The molecule has 1 heterocycles. The summed E-state index contributed by atoms with van der Waals surface area (Å²) in [5.74, 6) is 1.20. The second-order valence-electron chi connectivity index (χ2n) is 7.51. The maximum Gasteiger partial charge on any atom is 0.267 e. The van der Waals surface area contributed by atoms with Gasteiger partial charge in [-0.05, 0) is 56.7 Å². The molecule has 4 rings (SSSR count). The lowest BCUT2D eigenvalue weighted by atomic mass is 10.1. The summed E-state index contributed by atoms with van der Waals surface area (Å²) in [4.78, 5) is 20.9. The summed E-state index contributed by atoms with van der Waals surface area (Å²) < 4.78 is 5.90. The van der Waals surface area contributed by atoms with Crippen molar-refractivity contribution in [2.24, 2.45) is 0 Å². The van der Waals surface area contributed by atoms with E-state index >= 15 is 0 Å². The van der Waals surface area contributed by atoms with Crippen LogP contribution in [-0.2, 0) is 4.79 Å². The third-order valence-corrected chi connectivity index (χ3v) is 4.81. The third kappa shape index (κ3) is 3.99. The molecule has 0 fully saturated rings. The number of rotatable bonds is 5. The maximum absolute atomic E-state index is 12.9. The van der Waals surface area contributed by atoms with Gasteiger partial charge < -0.3 is 15.0 Å². The van der Waals surface area contributed by atoms with Crippen LogP contribution >= 0.6 is 0 Å². The van der Waals surface area contributed by atoms with Crippen LogP contribution in [0.5, 0.6) is 5.75 Å². The minimum atomic E-state index is -1.02. The highest BCUT2D eigenvalue weighted by atomic mass is 16.5. The Hall–Kier alpha value is -3.60. The van der Waals surface area contributed by atoms with Gasteiger partial charge in [0.1, 0.15) is 11.6 Å². The normalized spacial score (nSPS) is 11.4. The molecule has 3 aromatic carbocycles. The lowest BCUT2D eigenvalue weighted by Crippen LogP contribution is -2.42. The van der Waals surface area contributed by atoms with E-state index in [2.05, 4.69) is 15.3 Å². The summed E-state index contributed by atoms with van der Waals surface area (Å²) in [5, 5.41) is 3.01. The number of benzene rings is 3. The van der Waals surface area contributed by atoms with Crippen molar-refractivity contribution in [2.75, 3.05) is 5.32 Å². The highest BCUT2D eigenvalue weighted by Crippen LogP contribution is 2.27. The number of carbonyl (C=O) groups is 1. The second kappa shape index (κ2) is 7.43. The number of hydrogen-bond acceptors (Lipinski definition) is 3. The minimum absolute atomic E-state index is 0.216. The number of para-hydroxylation sites is 3. The zero-order valence-electron chi connectivity index (χ0n) is 16.7. The number of fused-ring (bicyclic) bond motifs is 1. The standard InChI is InChI=1S/C24H23N3O2/c1-16-13-14-17(22-25-19-11-7-8-12-20(19)26-22)15-21(16)27-23(28)24(2,3)29-18-9-5-4-6-10-18/h4-15H,1-3H3,(H,25,26)(H,27,28). The first kappa shape index (κ1) is 18.7. The van der Waals surface area contributed by atoms with Gasteiger partial charge in [0.25, 0.3) is 5.91 Å². The van der Waals surface area contributed by atoms with E-state index < -0.39 is 5.60 Å². The monoisotopic (exact) mass is 385 g/mol. The predicted octanol–water partition coefficient (Wildman–Crippen LogP) is 5.33. The molecular weight excluding hydrogens is 362 g/mol. The van der Waals surface area contributed by atoms with E-state index in [1.54, 1.807) is 13.8 Å². The van der Waals surface area contributed by atoms with Gasteiger partial charge in [-0.15, -0.1) is 0 Å². The van der Waals surface area contributed by atoms with E-state index in [9.17, 15) is 4.79 Å². The number of anilines is 1. The van der Waals surface area contributed by atoms with Crippen LogP contribution in [-0.4, -0.2) is 21.5 Å². The minimum Gasteiger partial charge on any atom is -0.478 e. The fourth-order valence-electron chi connectivity index (χ4n) is 3.10. The molecule has 0 unspecified atom stereocenters. The van der Waals surface area contributed by atoms with Crippen molar-refractivity contribution >= 4 is 22.6 Å². The van der Waals surface area contributed by atoms with E-state index in [1.807, 2.05) is 79.7 Å². The van der Waals surface area contributed by atoms with Crippen molar-refractivity contribution in [3.63, 3.8) is 0 Å². The molecule has 0 atom stereocenters. The number of H-pyrrole nitrogens is 1. The Morgan fingerprint density at radius 3 is 2.48 bits per heavy atom. The number of aromatic amines is 1. The van der Waals surface area contributed by atoms with E-state index in [0.29, 0.717) is 5.75 Å². The molecule has 1 amide bonds. The number of nitrogens with zero attached hydrogens (tertiary/aromatic N) is 1. The molecular formula is C24H23N3O2. The summed E-state index contributed by atoms with van der Waals surface area (Å²) in [7, 11) is 0. The third-order valence-electron chi connectivity index (χ3n) is 4.81. The highest BCUT2D eigenvalue weighted by molar-refractivity contribution is 5.98. The summed E-state index contributed by atoms with van der Waals surface area (Å²) in [6, 6.07) is 23.1. The summed E-state index contributed by atoms with van der Waals surface area (Å²) in [6.45, 7) is 5.48. The summed E-state index contributed by atoms with van der Waals surface area (Å²) in [6.07, 6.45) is 0. The van der Waals surface area contributed by atoms with Crippen LogP contribution in [0.1, 0.15) is 19.4 Å². The maximum atomic E-state index is 12.9. The number of aryl methyl sites for hydroxylation is 1. The van der Waals surface area contributed by atoms with Gasteiger partial charge in [-0.25, -0.2) is 4.98 Å². The largest absolute Gasteiger partial charge is 0.478 e. The Morgan fingerprint density at radius 2 is 1.72 bits per heavy atom. The molecule has 29 heavy (non-hydrogen) atoms. The van der Waals surface area contributed by atoms with Gasteiger partial charge in [-0.3, -0.25) is 4.79 Å². The number of hydrogen-bond donors (Lipinski definition) is 2. The molecule has 146 valence electrons. The van der Waals surface area contributed by atoms with E-state index in [1.165, 1.54) is 0 Å². The molecule has 4 aromatic rings. The molecule has 0 radical (unpaired) electrons. The number of amides is 1. The number of aromatic nitrogens is 2. The van der Waals surface area contributed by atoms with Crippen LogP contribution in [0.2, 0.25) is 0 Å². The Balaban J connectivity index is 1.58.